The van der Waals surface area contributed by atoms with Crippen LogP contribution in [0.15, 0.2) is 82.6 Å². The van der Waals surface area contributed by atoms with Crippen LogP contribution in [0.4, 0.5) is 17.1 Å². The molecule has 1 fully saturated rings. The fourth-order valence-corrected chi connectivity index (χ4v) is 7.69. The van der Waals surface area contributed by atoms with Gasteiger partial charge in [0.25, 0.3) is 11.6 Å². The first-order chi connectivity index (χ1) is 20.2. The predicted octanol–water partition coefficient (Wildman–Crippen LogP) is 4.47. The molecule has 0 bridgehead atoms. The average Bonchev–Trinajstić information content (AvgIpc) is 3.47. The summed E-state index contributed by atoms with van der Waals surface area (Å²) in [6, 6.07) is 19.5. The van der Waals surface area contributed by atoms with Crippen molar-refractivity contribution in [2.75, 3.05) is 16.8 Å². The van der Waals surface area contributed by atoms with Crippen LogP contribution in [-0.4, -0.2) is 39.5 Å². The van der Waals surface area contributed by atoms with Crippen LogP contribution in [0.25, 0.3) is 0 Å². The Morgan fingerprint density at radius 2 is 1.74 bits per heavy atom. The van der Waals surface area contributed by atoms with E-state index in [0.717, 1.165) is 33.6 Å². The lowest BCUT2D eigenvalue weighted by Crippen LogP contribution is -2.32. The molecule has 11 nitrogen and oxygen atoms in total. The molecule has 0 radical (unpaired) electrons. The lowest BCUT2D eigenvalue weighted by atomic mass is 9.83. The van der Waals surface area contributed by atoms with E-state index in [1.165, 1.54) is 24.3 Å². The number of hydrogen-bond acceptors (Lipinski definition) is 9. The highest BCUT2D eigenvalue weighted by Gasteiger charge is 2.56. The largest absolute Gasteiger partial charge is 0.484 e. The van der Waals surface area contributed by atoms with Crippen molar-refractivity contribution in [2.45, 2.75) is 23.1 Å². The molecule has 0 aliphatic carbocycles. The second kappa shape index (κ2) is 10.9. The van der Waals surface area contributed by atoms with Crippen LogP contribution in [0.1, 0.15) is 21.9 Å². The number of carbonyl (C=O) groups excluding carboxylic acids is 3. The van der Waals surface area contributed by atoms with Gasteiger partial charge in [-0.2, -0.15) is 0 Å². The number of nitro benzene ring substituents is 1. The van der Waals surface area contributed by atoms with Crippen LogP contribution in [0.5, 0.6) is 5.75 Å². The Hall–Kier alpha value is -4.75. The Balaban J connectivity index is 1.25. The molecule has 42 heavy (non-hydrogen) atoms. The van der Waals surface area contributed by atoms with E-state index in [2.05, 4.69) is 10.3 Å². The molecule has 2 aliphatic rings. The van der Waals surface area contributed by atoms with Crippen LogP contribution >= 0.6 is 23.1 Å². The van der Waals surface area contributed by atoms with E-state index in [1.54, 1.807) is 30.3 Å². The summed E-state index contributed by atoms with van der Waals surface area (Å²) in [6.07, 6.45) is 0. The van der Waals surface area contributed by atoms with Gasteiger partial charge in [0.15, 0.2) is 6.61 Å². The van der Waals surface area contributed by atoms with Gasteiger partial charge >= 0.3 is 4.87 Å². The van der Waals surface area contributed by atoms with Crippen LogP contribution in [0.2, 0.25) is 0 Å². The Bertz CT molecular complexity index is 1780. The number of thiazole rings is 1. The Labute approximate surface area is 246 Å². The van der Waals surface area contributed by atoms with E-state index in [1.807, 2.05) is 25.1 Å². The van der Waals surface area contributed by atoms with Gasteiger partial charge in [-0.1, -0.05) is 53.4 Å². The molecule has 3 heterocycles. The molecular weight excluding hydrogens is 580 g/mol. The number of rotatable bonds is 7. The molecule has 13 heteroatoms. The summed E-state index contributed by atoms with van der Waals surface area (Å²) in [5, 5.41) is 13.6. The number of para-hydroxylation sites is 1. The average molecular weight is 603 g/mol. The zero-order chi connectivity index (χ0) is 29.5. The number of nitro groups is 1. The number of anilines is 2. The van der Waals surface area contributed by atoms with E-state index in [9.17, 15) is 29.3 Å². The summed E-state index contributed by atoms with van der Waals surface area (Å²) in [5.41, 5.74) is 2.42. The SMILES string of the molecule is Cc1ccccc1NC(=O)COc1ccc([C@H]2c3sc(=O)[nH]c3SC3C(=O)N(c4ccc([N+](=O)[O-])cc4)C(=O)C32)cc1. The van der Waals surface area contributed by atoms with Crippen molar-refractivity contribution in [3.8, 4) is 5.75 Å². The molecule has 2 aliphatic heterocycles. The van der Waals surface area contributed by atoms with Crippen molar-refractivity contribution in [1.82, 2.24) is 4.98 Å². The van der Waals surface area contributed by atoms with Crippen molar-refractivity contribution >= 4 is 57.9 Å². The monoisotopic (exact) mass is 602 g/mol. The maximum atomic E-state index is 13.8. The van der Waals surface area contributed by atoms with Crippen molar-refractivity contribution in [1.29, 1.82) is 0 Å². The number of amides is 3. The fraction of sp³-hybridized carbons (Fsp3) is 0.172. The highest BCUT2D eigenvalue weighted by Crippen LogP contribution is 2.53. The van der Waals surface area contributed by atoms with Gasteiger partial charge in [-0.25, -0.2) is 4.90 Å². The van der Waals surface area contributed by atoms with E-state index in [-0.39, 0.29) is 28.8 Å². The third kappa shape index (κ3) is 4.97. The number of ether oxygens (including phenoxy) is 1. The van der Waals surface area contributed by atoms with Crippen molar-refractivity contribution in [2.24, 2.45) is 5.92 Å². The minimum Gasteiger partial charge on any atom is -0.484 e. The first kappa shape index (κ1) is 27.4. The topological polar surface area (TPSA) is 152 Å². The van der Waals surface area contributed by atoms with E-state index in [4.69, 9.17) is 4.74 Å². The van der Waals surface area contributed by atoms with Crippen LogP contribution in [0.3, 0.4) is 0 Å². The number of benzene rings is 3. The number of aromatic nitrogens is 1. The van der Waals surface area contributed by atoms with Gasteiger partial charge < -0.3 is 15.0 Å². The highest BCUT2D eigenvalue weighted by atomic mass is 32.2. The molecule has 2 unspecified atom stereocenters. The summed E-state index contributed by atoms with van der Waals surface area (Å²) in [7, 11) is 0. The van der Waals surface area contributed by atoms with Gasteiger partial charge in [0.05, 0.1) is 21.6 Å². The lowest BCUT2D eigenvalue weighted by molar-refractivity contribution is -0.384. The van der Waals surface area contributed by atoms with Crippen molar-refractivity contribution in [3.63, 3.8) is 0 Å². The number of fused-ring (bicyclic) bond motifs is 2. The Kier molecular flexibility index (Phi) is 7.12. The van der Waals surface area contributed by atoms with Gasteiger partial charge in [-0.05, 0) is 48.4 Å². The number of nitrogens with one attached hydrogen (secondary N) is 2. The predicted molar refractivity (Wildman–Crippen MR) is 157 cm³/mol. The minimum absolute atomic E-state index is 0.155. The molecule has 3 aromatic carbocycles. The number of non-ortho nitro benzene ring substituents is 1. The maximum Gasteiger partial charge on any atom is 0.305 e. The van der Waals surface area contributed by atoms with Crippen molar-refractivity contribution < 1.29 is 24.0 Å². The summed E-state index contributed by atoms with van der Waals surface area (Å²) in [6.45, 7) is 1.68. The zero-order valence-corrected chi connectivity index (χ0v) is 23.6. The standard InChI is InChI=1S/C29H22N4O7S2/c1-15-4-2-3-5-20(15)30-21(34)14-40-19-12-6-16(7-13-19)22-23-25(41-26-24(22)42-29(37)31-26)28(36)32(27(23)35)17-8-10-18(11-9-17)33(38)39/h2-13,22-23,25H,14H2,1H3,(H,30,34)(H,31,37)/t22-,23?,25?/m1/s1. The number of H-pyrrole nitrogens is 1. The van der Waals surface area contributed by atoms with Crippen molar-refractivity contribution in [3.05, 3.63) is 109 Å². The molecular formula is C29H22N4O7S2. The molecule has 2 N–H and O–H groups in total. The van der Waals surface area contributed by atoms with Gasteiger partial charge in [0, 0.05) is 28.6 Å². The summed E-state index contributed by atoms with van der Waals surface area (Å²) in [4.78, 5) is 66.8. The minimum atomic E-state index is -0.802. The van der Waals surface area contributed by atoms with Gasteiger partial charge in [-0.15, -0.1) is 0 Å². The third-order valence-corrected chi connectivity index (χ3v) is 9.57. The second-order valence-corrected chi connectivity index (χ2v) is 11.9. The van der Waals surface area contributed by atoms with E-state index in [0.29, 0.717) is 26.9 Å². The number of aryl methyl sites for hydroxylation is 1. The number of hydrogen-bond donors (Lipinski definition) is 2. The normalized spacial score (nSPS) is 19.3. The van der Waals surface area contributed by atoms with E-state index < -0.39 is 33.8 Å². The quantitative estimate of drug-likeness (QED) is 0.179. The van der Waals surface area contributed by atoms with Crippen LogP contribution in [0, 0.1) is 23.0 Å². The molecule has 3 amide bonds. The van der Waals surface area contributed by atoms with Crippen LogP contribution in [-0.2, 0) is 14.4 Å². The number of nitrogens with zero attached hydrogens (tertiary/aromatic N) is 2. The molecule has 1 aromatic heterocycles. The van der Waals surface area contributed by atoms with Gasteiger partial charge in [0.2, 0.25) is 11.8 Å². The fourth-order valence-electron chi connectivity index (χ4n) is 5.17. The van der Waals surface area contributed by atoms with Gasteiger partial charge in [0.1, 0.15) is 11.0 Å². The molecule has 212 valence electrons. The number of thioether (sulfide) groups is 1. The first-order valence-corrected chi connectivity index (χ1v) is 14.5. The lowest BCUT2D eigenvalue weighted by Gasteiger charge is -2.29. The van der Waals surface area contributed by atoms with Crippen LogP contribution < -0.4 is 19.8 Å². The first-order valence-electron chi connectivity index (χ1n) is 12.8. The highest BCUT2D eigenvalue weighted by molar-refractivity contribution is 8.00. The Morgan fingerprint density at radius 3 is 2.43 bits per heavy atom. The number of aromatic amines is 1. The molecule has 0 saturated carbocycles. The summed E-state index contributed by atoms with van der Waals surface area (Å²) < 4.78 is 5.68. The van der Waals surface area contributed by atoms with E-state index >= 15 is 0 Å². The molecule has 6 rings (SSSR count). The molecule has 0 spiro atoms. The second-order valence-electron chi connectivity index (χ2n) is 9.76. The maximum absolute atomic E-state index is 13.8. The molecule has 3 atom stereocenters. The molecule has 1 saturated heterocycles. The Morgan fingerprint density at radius 1 is 1.02 bits per heavy atom. The third-order valence-electron chi connectivity index (χ3n) is 7.17. The summed E-state index contributed by atoms with van der Waals surface area (Å²) >= 11 is 2.14. The van der Waals surface area contributed by atoms with Gasteiger partial charge in [-0.3, -0.25) is 29.3 Å². The number of imide groups is 1. The zero-order valence-electron chi connectivity index (χ0n) is 21.9. The molecule has 4 aromatic rings. The smallest absolute Gasteiger partial charge is 0.305 e. The summed E-state index contributed by atoms with van der Waals surface area (Å²) in [5.74, 6) is -2.17. The number of carbonyl (C=O) groups is 3.